The van der Waals surface area contributed by atoms with Crippen LogP contribution in [0.1, 0.15) is 25.5 Å². The lowest BCUT2D eigenvalue weighted by Crippen LogP contribution is -2.47. The Morgan fingerprint density at radius 1 is 1.50 bits per heavy atom. The molecule has 4 heteroatoms. The van der Waals surface area contributed by atoms with Gasteiger partial charge in [-0.2, -0.15) is 5.10 Å². The van der Waals surface area contributed by atoms with Crippen molar-refractivity contribution in [3.8, 4) is 0 Å². The summed E-state index contributed by atoms with van der Waals surface area (Å²) in [7, 11) is 1.99. The summed E-state index contributed by atoms with van der Waals surface area (Å²) < 4.78 is 7.32. The van der Waals surface area contributed by atoms with Crippen molar-refractivity contribution in [3.63, 3.8) is 0 Å². The van der Waals surface area contributed by atoms with E-state index in [1.54, 1.807) is 0 Å². The fourth-order valence-electron chi connectivity index (χ4n) is 2.14. The molecule has 1 fully saturated rings. The second-order valence-electron chi connectivity index (χ2n) is 4.80. The summed E-state index contributed by atoms with van der Waals surface area (Å²) in [5, 5.41) is 7.81. The highest BCUT2D eigenvalue weighted by atomic mass is 16.5. The van der Waals surface area contributed by atoms with Gasteiger partial charge in [0, 0.05) is 50.7 Å². The minimum atomic E-state index is 0.261. The number of hydrogen-bond donors (Lipinski definition) is 1. The molecule has 1 N–H and O–H groups in total. The van der Waals surface area contributed by atoms with E-state index in [0.29, 0.717) is 0 Å². The van der Waals surface area contributed by atoms with Gasteiger partial charge in [-0.15, -0.1) is 0 Å². The first-order valence-corrected chi connectivity index (χ1v) is 5.99. The van der Waals surface area contributed by atoms with Crippen LogP contribution in [0.2, 0.25) is 0 Å². The van der Waals surface area contributed by atoms with E-state index < -0.39 is 0 Å². The molecule has 0 radical (unpaired) electrons. The molecule has 1 aromatic rings. The molecule has 0 unspecified atom stereocenters. The zero-order valence-electron chi connectivity index (χ0n) is 10.2. The van der Waals surface area contributed by atoms with Gasteiger partial charge in [-0.05, 0) is 25.8 Å². The molecule has 0 bridgehead atoms. The van der Waals surface area contributed by atoms with Crippen LogP contribution in [0.3, 0.4) is 0 Å². The van der Waals surface area contributed by atoms with Crippen LogP contribution in [-0.2, 0) is 18.2 Å². The highest BCUT2D eigenvalue weighted by Crippen LogP contribution is 2.19. The average Bonchev–Trinajstić information content (AvgIpc) is 2.65. The molecule has 0 saturated carbocycles. The van der Waals surface area contributed by atoms with Crippen molar-refractivity contribution in [1.29, 1.82) is 0 Å². The van der Waals surface area contributed by atoms with Crippen molar-refractivity contribution < 1.29 is 4.74 Å². The average molecular weight is 223 g/mol. The Hall–Kier alpha value is -0.870. The molecule has 1 aromatic heterocycles. The quantitative estimate of drug-likeness (QED) is 0.831. The van der Waals surface area contributed by atoms with Gasteiger partial charge in [0.1, 0.15) is 0 Å². The standard InChI is InChI=1S/C12H21N3O/c1-12(5-9-16-10-6-12)13-7-3-11-4-8-14-15(11)2/h4,8,13H,3,5-7,9-10H2,1-2H3. The van der Waals surface area contributed by atoms with Crippen molar-refractivity contribution in [2.75, 3.05) is 19.8 Å². The normalized spacial score (nSPS) is 19.9. The second-order valence-corrected chi connectivity index (χ2v) is 4.80. The molecule has 2 rings (SSSR count). The van der Waals surface area contributed by atoms with Crippen LogP contribution in [0.4, 0.5) is 0 Å². The molecular weight excluding hydrogens is 202 g/mol. The van der Waals surface area contributed by atoms with Gasteiger partial charge in [0.25, 0.3) is 0 Å². The van der Waals surface area contributed by atoms with E-state index in [0.717, 1.165) is 39.0 Å². The number of hydrogen-bond acceptors (Lipinski definition) is 3. The van der Waals surface area contributed by atoms with Gasteiger partial charge in [0.15, 0.2) is 0 Å². The SMILES string of the molecule is Cn1nccc1CCNC1(C)CCOCC1. The third-order valence-electron chi connectivity index (χ3n) is 3.45. The van der Waals surface area contributed by atoms with Crippen molar-refractivity contribution in [3.05, 3.63) is 18.0 Å². The first-order chi connectivity index (χ1) is 7.70. The van der Waals surface area contributed by atoms with Gasteiger partial charge >= 0.3 is 0 Å². The lowest BCUT2D eigenvalue weighted by atomic mass is 9.92. The van der Waals surface area contributed by atoms with E-state index >= 15 is 0 Å². The number of nitrogens with one attached hydrogen (secondary N) is 1. The molecule has 0 atom stereocenters. The van der Waals surface area contributed by atoms with Crippen LogP contribution >= 0.6 is 0 Å². The van der Waals surface area contributed by atoms with Crippen LogP contribution in [0.15, 0.2) is 12.3 Å². The first-order valence-electron chi connectivity index (χ1n) is 5.99. The Kier molecular flexibility index (Phi) is 3.61. The predicted molar refractivity (Wildman–Crippen MR) is 63.4 cm³/mol. The highest BCUT2D eigenvalue weighted by Gasteiger charge is 2.26. The summed E-state index contributed by atoms with van der Waals surface area (Å²) in [5.41, 5.74) is 1.54. The molecule has 0 aliphatic carbocycles. The fourth-order valence-corrected chi connectivity index (χ4v) is 2.14. The topological polar surface area (TPSA) is 39.1 Å². The summed E-state index contributed by atoms with van der Waals surface area (Å²) >= 11 is 0. The summed E-state index contributed by atoms with van der Waals surface area (Å²) in [6.45, 7) is 5.07. The third-order valence-corrected chi connectivity index (χ3v) is 3.45. The zero-order valence-corrected chi connectivity index (χ0v) is 10.2. The first kappa shape index (κ1) is 11.6. The molecule has 16 heavy (non-hydrogen) atoms. The molecule has 1 saturated heterocycles. The Balaban J connectivity index is 1.77. The Labute approximate surface area is 97.0 Å². The Morgan fingerprint density at radius 2 is 2.25 bits per heavy atom. The van der Waals surface area contributed by atoms with Crippen molar-refractivity contribution in [2.24, 2.45) is 7.05 Å². The lowest BCUT2D eigenvalue weighted by Gasteiger charge is -2.34. The van der Waals surface area contributed by atoms with Gasteiger partial charge < -0.3 is 10.1 Å². The highest BCUT2D eigenvalue weighted by molar-refractivity contribution is 5.00. The van der Waals surface area contributed by atoms with Crippen molar-refractivity contribution >= 4 is 0 Å². The van der Waals surface area contributed by atoms with Gasteiger partial charge in [0.2, 0.25) is 0 Å². The lowest BCUT2D eigenvalue weighted by molar-refractivity contribution is 0.0455. The number of ether oxygens (including phenoxy) is 1. The Bertz CT molecular complexity index is 329. The number of rotatable bonds is 4. The molecule has 1 aliphatic rings. The monoisotopic (exact) mass is 223 g/mol. The summed E-state index contributed by atoms with van der Waals surface area (Å²) in [6, 6.07) is 2.08. The van der Waals surface area contributed by atoms with Gasteiger partial charge in [-0.3, -0.25) is 4.68 Å². The summed E-state index contributed by atoms with van der Waals surface area (Å²) in [6.07, 6.45) is 5.11. The number of nitrogens with zero attached hydrogens (tertiary/aromatic N) is 2. The molecule has 2 heterocycles. The number of aryl methyl sites for hydroxylation is 1. The largest absolute Gasteiger partial charge is 0.381 e. The van der Waals surface area contributed by atoms with E-state index in [2.05, 4.69) is 23.4 Å². The fraction of sp³-hybridized carbons (Fsp3) is 0.750. The molecule has 0 spiro atoms. The van der Waals surface area contributed by atoms with Crippen LogP contribution in [0, 0.1) is 0 Å². The number of aromatic nitrogens is 2. The molecular formula is C12H21N3O. The van der Waals surface area contributed by atoms with Crippen LogP contribution in [0.25, 0.3) is 0 Å². The molecule has 90 valence electrons. The van der Waals surface area contributed by atoms with Gasteiger partial charge in [-0.25, -0.2) is 0 Å². The summed E-state index contributed by atoms with van der Waals surface area (Å²) in [4.78, 5) is 0. The Morgan fingerprint density at radius 3 is 2.88 bits per heavy atom. The van der Waals surface area contributed by atoms with E-state index in [4.69, 9.17) is 4.74 Å². The molecule has 1 aliphatic heterocycles. The van der Waals surface area contributed by atoms with E-state index in [9.17, 15) is 0 Å². The summed E-state index contributed by atoms with van der Waals surface area (Å²) in [5.74, 6) is 0. The van der Waals surface area contributed by atoms with E-state index in [1.807, 2.05) is 17.9 Å². The maximum absolute atomic E-state index is 5.38. The minimum absolute atomic E-state index is 0.261. The van der Waals surface area contributed by atoms with Gasteiger partial charge in [-0.1, -0.05) is 0 Å². The van der Waals surface area contributed by atoms with Crippen molar-refractivity contribution in [2.45, 2.75) is 31.7 Å². The smallest absolute Gasteiger partial charge is 0.0492 e. The van der Waals surface area contributed by atoms with Crippen LogP contribution in [-0.4, -0.2) is 35.1 Å². The van der Waals surface area contributed by atoms with Crippen molar-refractivity contribution in [1.82, 2.24) is 15.1 Å². The van der Waals surface area contributed by atoms with E-state index in [-0.39, 0.29) is 5.54 Å². The zero-order chi connectivity index (χ0) is 11.4. The molecule has 0 aromatic carbocycles. The second kappa shape index (κ2) is 4.97. The minimum Gasteiger partial charge on any atom is -0.381 e. The maximum atomic E-state index is 5.38. The third kappa shape index (κ3) is 2.83. The molecule has 4 nitrogen and oxygen atoms in total. The van der Waals surface area contributed by atoms with E-state index in [1.165, 1.54) is 5.69 Å². The maximum Gasteiger partial charge on any atom is 0.0492 e. The van der Waals surface area contributed by atoms with Crippen LogP contribution in [0.5, 0.6) is 0 Å². The van der Waals surface area contributed by atoms with Gasteiger partial charge in [0.05, 0.1) is 0 Å². The molecule has 0 amide bonds. The predicted octanol–water partition coefficient (Wildman–Crippen LogP) is 1.12. The van der Waals surface area contributed by atoms with Crippen LogP contribution < -0.4 is 5.32 Å².